The van der Waals surface area contributed by atoms with Gasteiger partial charge in [-0.1, -0.05) is 13.8 Å². The van der Waals surface area contributed by atoms with Crippen molar-refractivity contribution >= 4 is 5.82 Å². The minimum atomic E-state index is 0.125. The summed E-state index contributed by atoms with van der Waals surface area (Å²) < 4.78 is 5.44. The van der Waals surface area contributed by atoms with Crippen LogP contribution in [-0.2, 0) is 11.3 Å². The molecule has 2 rings (SSSR count). The van der Waals surface area contributed by atoms with Crippen molar-refractivity contribution in [3.63, 3.8) is 0 Å². The molecule has 0 amide bonds. The van der Waals surface area contributed by atoms with Crippen molar-refractivity contribution in [3.05, 3.63) is 23.4 Å². The van der Waals surface area contributed by atoms with Crippen LogP contribution >= 0.6 is 0 Å². The lowest BCUT2D eigenvalue weighted by molar-refractivity contribution is 0.122. The van der Waals surface area contributed by atoms with E-state index in [1.807, 2.05) is 0 Å². The number of anilines is 1. The second kappa shape index (κ2) is 6.75. The molecule has 1 saturated heterocycles. The van der Waals surface area contributed by atoms with Crippen LogP contribution in [0.3, 0.4) is 0 Å². The molecule has 0 aromatic carbocycles. The molecule has 0 atom stereocenters. The Bertz CT molecular complexity index is 460. The van der Waals surface area contributed by atoms with Gasteiger partial charge in [0.05, 0.1) is 13.2 Å². The summed E-state index contributed by atoms with van der Waals surface area (Å²) in [7, 11) is 0. The minimum Gasteiger partial charge on any atom is -0.378 e. The monoisotopic (exact) mass is 291 g/mol. The normalized spacial score (nSPS) is 16.6. The van der Waals surface area contributed by atoms with Gasteiger partial charge in [0.1, 0.15) is 5.82 Å². The molecule has 1 aromatic heterocycles. The summed E-state index contributed by atoms with van der Waals surface area (Å²) in [4.78, 5) is 7.17. The Morgan fingerprint density at radius 3 is 2.48 bits per heavy atom. The Morgan fingerprint density at radius 2 is 1.90 bits per heavy atom. The maximum absolute atomic E-state index is 5.44. The quantitative estimate of drug-likeness (QED) is 0.925. The summed E-state index contributed by atoms with van der Waals surface area (Å²) in [6.07, 6.45) is 0. The highest BCUT2D eigenvalue weighted by molar-refractivity contribution is 5.43. The molecule has 1 fully saturated rings. The second-order valence-corrected chi connectivity index (χ2v) is 7.12. The lowest BCUT2D eigenvalue weighted by Crippen LogP contribution is -2.37. The van der Waals surface area contributed by atoms with E-state index in [4.69, 9.17) is 9.72 Å². The Morgan fingerprint density at radius 1 is 1.24 bits per heavy atom. The SMILES string of the molecule is CC(C)c1cc(CNC(C)(C)C)cc(N2CCOCC2)n1. The molecule has 2 heterocycles. The third-order valence-electron chi connectivity index (χ3n) is 3.64. The first-order valence-electron chi connectivity index (χ1n) is 7.94. The van der Waals surface area contributed by atoms with Crippen molar-refractivity contribution in [1.29, 1.82) is 0 Å². The van der Waals surface area contributed by atoms with E-state index in [-0.39, 0.29) is 5.54 Å². The van der Waals surface area contributed by atoms with E-state index in [1.54, 1.807) is 0 Å². The predicted octanol–water partition coefficient (Wildman–Crippen LogP) is 2.93. The highest BCUT2D eigenvalue weighted by atomic mass is 16.5. The van der Waals surface area contributed by atoms with Gasteiger partial charge in [-0.05, 0) is 44.4 Å². The van der Waals surface area contributed by atoms with Crippen molar-refractivity contribution in [1.82, 2.24) is 10.3 Å². The molecule has 118 valence electrons. The molecule has 0 bridgehead atoms. The lowest BCUT2D eigenvalue weighted by atomic mass is 10.1. The van der Waals surface area contributed by atoms with Gasteiger partial charge in [0.25, 0.3) is 0 Å². The van der Waals surface area contributed by atoms with Gasteiger partial charge in [-0.3, -0.25) is 0 Å². The number of nitrogens with zero attached hydrogens (tertiary/aromatic N) is 2. The summed E-state index contributed by atoms with van der Waals surface area (Å²) in [5.41, 5.74) is 2.61. The topological polar surface area (TPSA) is 37.4 Å². The van der Waals surface area contributed by atoms with Gasteiger partial charge in [0.2, 0.25) is 0 Å². The van der Waals surface area contributed by atoms with Crippen LogP contribution in [0.15, 0.2) is 12.1 Å². The number of morpholine rings is 1. The van der Waals surface area contributed by atoms with Gasteiger partial charge >= 0.3 is 0 Å². The van der Waals surface area contributed by atoms with E-state index >= 15 is 0 Å². The summed E-state index contributed by atoms with van der Waals surface area (Å²) in [5, 5.41) is 3.56. The number of rotatable bonds is 4. The molecule has 1 aliphatic rings. The standard InChI is InChI=1S/C17H29N3O/c1-13(2)15-10-14(12-18-17(3,4)5)11-16(19-15)20-6-8-21-9-7-20/h10-11,13,18H,6-9,12H2,1-5H3. The average Bonchev–Trinajstić information content (AvgIpc) is 2.45. The third-order valence-corrected chi connectivity index (χ3v) is 3.64. The van der Waals surface area contributed by atoms with E-state index in [2.05, 4.69) is 57.0 Å². The van der Waals surface area contributed by atoms with Crippen LogP contribution in [0.2, 0.25) is 0 Å². The van der Waals surface area contributed by atoms with Crippen LogP contribution in [0.1, 0.15) is 51.8 Å². The van der Waals surface area contributed by atoms with Crippen molar-refractivity contribution < 1.29 is 4.74 Å². The smallest absolute Gasteiger partial charge is 0.129 e. The first-order chi connectivity index (χ1) is 9.85. The van der Waals surface area contributed by atoms with Crippen molar-refractivity contribution in [2.24, 2.45) is 0 Å². The molecule has 4 nitrogen and oxygen atoms in total. The zero-order valence-electron chi connectivity index (χ0n) is 14.1. The largest absolute Gasteiger partial charge is 0.378 e. The molecular formula is C17H29N3O. The third kappa shape index (κ3) is 4.97. The first kappa shape index (κ1) is 16.2. The number of pyridine rings is 1. The highest BCUT2D eigenvalue weighted by Crippen LogP contribution is 2.21. The molecule has 0 saturated carbocycles. The highest BCUT2D eigenvalue weighted by Gasteiger charge is 2.16. The van der Waals surface area contributed by atoms with E-state index in [1.165, 1.54) is 11.3 Å². The van der Waals surface area contributed by atoms with Crippen LogP contribution in [0, 0.1) is 0 Å². The molecule has 1 aromatic rings. The fraction of sp³-hybridized carbons (Fsp3) is 0.706. The van der Waals surface area contributed by atoms with E-state index in [9.17, 15) is 0 Å². The second-order valence-electron chi connectivity index (χ2n) is 7.12. The van der Waals surface area contributed by atoms with E-state index in [0.717, 1.165) is 38.7 Å². The van der Waals surface area contributed by atoms with Crippen molar-refractivity contribution in [2.75, 3.05) is 31.2 Å². The molecule has 1 aliphatic heterocycles. The van der Waals surface area contributed by atoms with Gasteiger partial charge in [-0.2, -0.15) is 0 Å². The predicted molar refractivity (Wildman–Crippen MR) is 88.0 cm³/mol. The van der Waals surface area contributed by atoms with E-state index < -0.39 is 0 Å². The fourth-order valence-electron chi connectivity index (χ4n) is 2.31. The van der Waals surface area contributed by atoms with Crippen molar-refractivity contribution in [3.8, 4) is 0 Å². The van der Waals surface area contributed by atoms with Crippen molar-refractivity contribution in [2.45, 2.75) is 52.6 Å². The molecule has 0 unspecified atom stereocenters. The Labute approximate surface area is 128 Å². The molecular weight excluding hydrogens is 262 g/mol. The van der Waals surface area contributed by atoms with E-state index in [0.29, 0.717) is 5.92 Å². The number of nitrogens with one attached hydrogen (secondary N) is 1. The van der Waals surface area contributed by atoms with Crippen LogP contribution in [-0.4, -0.2) is 36.8 Å². The molecule has 1 N–H and O–H groups in total. The molecule has 0 aliphatic carbocycles. The summed E-state index contributed by atoms with van der Waals surface area (Å²) >= 11 is 0. The van der Waals surface area contributed by atoms with Crippen LogP contribution in [0.5, 0.6) is 0 Å². The zero-order chi connectivity index (χ0) is 15.5. The number of aromatic nitrogens is 1. The Balaban J connectivity index is 2.21. The van der Waals surface area contributed by atoms with Gasteiger partial charge < -0.3 is 15.0 Å². The maximum atomic E-state index is 5.44. The molecule has 0 radical (unpaired) electrons. The molecule has 0 spiro atoms. The summed E-state index contributed by atoms with van der Waals surface area (Å²) in [6, 6.07) is 4.45. The molecule has 21 heavy (non-hydrogen) atoms. The van der Waals surface area contributed by atoms with Gasteiger partial charge in [-0.25, -0.2) is 4.98 Å². The Hall–Kier alpha value is -1.13. The van der Waals surface area contributed by atoms with Crippen LogP contribution in [0.4, 0.5) is 5.82 Å². The fourth-order valence-corrected chi connectivity index (χ4v) is 2.31. The lowest BCUT2D eigenvalue weighted by Gasteiger charge is -2.29. The number of hydrogen-bond donors (Lipinski definition) is 1. The van der Waals surface area contributed by atoms with Gasteiger partial charge in [-0.15, -0.1) is 0 Å². The summed E-state index contributed by atoms with van der Waals surface area (Å²) in [5.74, 6) is 1.54. The summed E-state index contributed by atoms with van der Waals surface area (Å²) in [6.45, 7) is 15.3. The zero-order valence-corrected chi connectivity index (χ0v) is 14.1. The maximum Gasteiger partial charge on any atom is 0.129 e. The number of ether oxygens (including phenoxy) is 1. The number of hydrogen-bond acceptors (Lipinski definition) is 4. The average molecular weight is 291 g/mol. The first-order valence-corrected chi connectivity index (χ1v) is 7.94. The minimum absolute atomic E-state index is 0.125. The van der Waals surface area contributed by atoms with Gasteiger partial charge in [0, 0.05) is 30.9 Å². The molecule has 4 heteroatoms. The van der Waals surface area contributed by atoms with Crippen LogP contribution < -0.4 is 10.2 Å². The van der Waals surface area contributed by atoms with Crippen LogP contribution in [0.25, 0.3) is 0 Å². The Kier molecular flexibility index (Phi) is 5.22. The van der Waals surface area contributed by atoms with Gasteiger partial charge in [0.15, 0.2) is 0 Å².